The number of rotatable bonds is 9. The molecule has 2 unspecified atom stereocenters. The number of benzene rings is 1. The van der Waals surface area contributed by atoms with Gasteiger partial charge in [0.2, 0.25) is 0 Å². The molecule has 3 aliphatic rings. The second-order valence-corrected chi connectivity index (χ2v) is 8.17. The Morgan fingerprint density at radius 3 is 2.36 bits per heavy atom. The number of hydrogen-bond acceptors (Lipinski definition) is 2. The van der Waals surface area contributed by atoms with Gasteiger partial charge in [-0.1, -0.05) is 12.1 Å². The lowest BCUT2D eigenvalue weighted by molar-refractivity contribution is -0.119. The van der Waals surface area contributed by atoms with Crippen molar-refractivity contribution in [2.24, 2.45) is 17.3 Å². The zero-order valence-electron chi connectivity index (χ0n) is 15.4. The average Bonchev–Trinajstić information content (AvgIpc) is 2.67. The van der Waals surface area contributed by atoms with Crippen LogP contribution in [0.5, 0.6) is 5.75 Å². The highest BCUT2D eigenvalue weighted by molar-refractivity contribution is 5.55. The highest BCUT2D eigenvalue weighted by Gasteiger charge is 2.45. The third-order valence-corrected chi connectivity index (χ3v) is 6.75. The van der Waals surface area contributed by atoms with Gasteiger partial charge in [-0.2, -0.15) is 0 Å². The van der Waals surface area contributed by atoms with Gasteiger partial charge in [0.25, 0.3) is 0 Å². The smallest absolute Gasteiger partial charge is 0.123 e. The van der Waals surface area contributed by atoms with Gasteiger partial charge in [0.15, 0.2) is 0 Å². The van der Waals surface area contributed by atoms with Crippen LogP contribution in [0.4, 0.5) is 4.39 Å². The van der Waals surface area contributed by atoms with Gasteiger partial charge < -0.3 is 9.53 Å². The second kappa shape index (κ2) is 8.33. The van der Waals surface area contributed by atoms with Gasteiger partial charge in [-0.25, -0.2) is 4.39 Å². The largest absolute Gasteiger partial charge is 0.497 e. The Kier molecular flexibility index (Phi) is 6.14. The lowest BCUT2D eigenvalue weighted by Gasteiger charge is -2.49. The predicted molar refractivity (Wildman–Crippen MR) is 98.6 cm³/mol. The fourth-order valence-electron chi connectivity index (χ4n) is 5.04. The van der Waals surface area contributed by atoms with Crippen LogP contribution in [0.2, 0.25) is 0 Å². The fourth-order valence-corrected chi connectivity index (χ4v) is 5.04. The van der Waals surface area contributed by atoms with E-state index >= 15 is 0 Å². The minimum absolute atomic E-state index is 0.141. The minimum Gasteiger partial charge on any atom is -0.497 e. The summed E-state index contributed by atoms with van der Waals surface area (Å²) in [5.41, 5.74) is 1.25. The van der Waals surface area contributed by atoms with Crippen molar-refractivity contribution < 1.29 is 13.9 Å². The maximum Gasteiger partial charge on any atom is 0.123 e. The van der Waals surface area contributed by atoms with E-state index in [4.69, 9.17) is 4.74 Å². The highest BCUT2D eigenvalue weighted by Crippen LogP contribution is 2.54. The van der Waals surface area contributed by atoms with E-state index in [2.05, 4.69) is 0 Å². The quantitative estimate of drug-likeness (QED) is 0.549. The second-order valence-electron chi connectivity index (χ2n) is 8.17. The van der Waals surface area contributed by atoms with Gasteiger partial charge in [0.05, 0.1) is 7.11 Å². The lowest BCUT2D eigenvalue weighted by Crippen LogP contribution is -2.40. The van der Waals surface area contributed by atoms with Gasteiger partial charge >= 0.3 is 0 Å². The van der Waals surface area contributed by atoms with E-state index in [1.54, 1.807) is 7.11 Å². The Morgan fingerprint density at radius 2 is 1.80 bits per heavy atom. The van der Waals surface area contributed by atoms with E-state index in [1.807, 2.05) is 24.3 Å². The van der Waals surface area contributed by atoms with Crippen molar-refractivity contribution in [2.45, 2.75) is 70.4 Å². The Labute approximate surface area is 151 Å². The third kappa shape index (κ3) is 4.43. The first-order valence-corrected chi connectivity index (χ1v) is 9.87. The fraction of sp³-hybridized carbons (Fsp3) is 0.682. The van der Waals surface area contributed by atoms with Crippen LogP contribution in [0.3, 0.4) is 0 Å². The van der Waals surface area contributed by atoms with Crippen LogP contribution in [-0.2, 0) is 11.2 Å². The van der Waals surface area contributed by atoms with Crippen molar-refractivity contribution in [3.8, 4) is 5.75 Å². The molecule has 0 spiro atoms. The molecule has 0 aliphatic heterocycles. The molecule has 0 saturated heterocycles. The molecular weight excluding hydrogens is 315 g/mol. The molecule has 4 rings (SSSR count). The van der Waals surface area contributed by atoms with Gasteiger partial charge in [-0.15, -0.1) is 0 Å². The molecule has 2 bridgehead atoms. The first-order valence-electron chi connectivity index (χ1n) is 9.87. The SMILES string of the molecule is COc1ccc(CC(F)CCCC(C=O)C23CCC(CC2)CC3)cc1. The molecule has 0 radical (unpaired) electrons. The number of ether oxygens (including phenoxy) is 1. The summed E-state index contributed by atoms with van der Waals surface area (Å²) >= 11 is 0. The highest BCUT2D eigenvalue weighted by atomic mass is 19.1. The number of aldehydes is 1. The average molecular weight is 346 g/mol. The van der Waals surface area contributed by atoms with Crippen LogP contribution in [-0.4, -0.2) is 19.6 Å². The Bertz CT molecular complexity index is 532. The van der Waals surface area contributed by atoms with Gasteiger partial charge in [-0.3, -0.25) is 0 Å². The monoisotopic (exact) mass is 346 g/mol. The summed E-state index contributed by atoms with van der Waals surface area (Å²) in [6.07, 6.45) is 10.6. The Hall–Kier alpha value is -1.38. The van der Waals surface area contributed by atoms with E-state index in [-0.39, 0.29) is 11.3 Å². The van der Waals surface area contributed by atoms with Crippen molar-refractivity contribution >= 4 is 6.29 Å². The summed E-state index contributed by atoms with van der Waals surface area (Å²) in [5.74, 6) is 1.85. The minimum atomic E-state index is -0.833. The van der Waals surface area contributed by atoms with Crippen molar-refractivity contribution in [1.29, 1.82) is 0 Å². The van der Waals surface area contributed by atoms with Gasteiger partial charge in [0.1, 0.15) is 18.2 Å². The van der Waals surface area contributed by atoms with Crippen molar-refractivity contribution in [3.63, 3.8) is 0 Å². The predicted octanol–water partition coefficient (Wildman–Crippen LogP) is 5.53. The zero-order valence-corrected chi connectivity index (χ0v) is 15.4. The number of carbonyl (C=O) groups is 1. The number of hydrogen-bond donors (Lipinski definition) is 0. The van der Waals surface area contributed by atoms with Gasteiger partial charge in [-0.05, 0) is 86.8 Å². The number of halogens is 1. The van der Waals surface area contributed by atoms with Crippen molar-refractivity contribution in [2.75, 3.05) is 7.11 Å². The number of carbonyl (C=O) groups excluding carboxylic acids is 1. The summed E-state index contributed by atoms with van der Waals surface area (Å²) in [6.45, 7) is 0. The number of fused-ring (bicyclic) bond motifs is 3. The third-order valence-electron chi connectivity index (χ3n) is 6.75. The summed E-state index contributed by atoms with van der Waals surface area (Å²) < 4.78 is 19.5. The normalized spacial score (nSPS) is 27.7. The molecule has 3 heteroatoms. The molecule has 25 heavy (non-hydrogen) atoms. The first-order chi connectivity index (χ1) is 12.1. The van der Waals surface area contributed by atoms with E-state index in [9.17, 15) is 9.18 Å². The zero-order chi connectivity index (χ0) is 17.7. The van der Waals surface area contributed by atoms with Crippen LogP contribution >= 0.6 is 0 Å². The van der Waals surface area contributed by atoms with Crippen molar-refractivity contribution in [1.82, 2.24) is 0 Å². The topological polar surface area (TPSA) is 26.3 Å². The molecule has 0 amide bonds. The van der Waals surface area contributed by atoms with E-state index in [0.29, 0.717) is 12.8 Å². The molecule has 3 saturated carbocycles. The van der Waals surface area contributed by atoms with Crippen LogP contribution < -0.4 is 4.74 Å². The molecule has 1 aromatic rings. The molecule has 0 aromatic heterocycles. The molecule has 0 heterocycles. The van der Waals surface area contributed by atoms with E-state index < -0.39 is 6.17 Å². The van der Waals surface area contributed by atoms with Crippen LogP contribution in [0.1, 0.15) is 63.4 Å². The number of alkyl halides is 1. The molecule has 2 atom stereocenters. The summed E-state index contributed by atoms with van der Waals surface area (Å²) in [6, 6.07) is 7.62. The summed E-state index contributed by atoms with van der Waals surface area (Å²) in [4.78, 5) is 11.7. The molecule has 0 N–H and O–H groups in total. The maximum atomic E-state index is 14.3. The first kappa shape index (κ1) is 18.4. The standard InChI is InChI=1S/C22H31FO2/c1-25-21-7-5-18(6-8-21)15-20(23)4-2-3-19(16-24)22-12-9-17(10-13-22)11-14-22/h5-8,16-17,19-20H,2-4,9-15H2,1H3. The van der Waals surface area contributed by atoms with E-state index in [0.717, 1.165) is 30.1 Å². The molecule has 3 fully saturated rings. The Morgan fingerprint density at radius 1 is 1.16 bits per heavy atom. The lowest BCUT2D eigenvalue weighted by atomic mass is 9.55. The molecular formula is C22H31FO2. The maximum absolute atomic E-state index is 14.3. The molecule has 2 nitrogen and oxygen atoms in total. The molecule has 1 aromatic carbocycles. The van der Waals surface area contributed by atoms with Crippen LogP contribution in [0.15, 0.2) is 24.3 Å². The van der Waals surface area contributed by atoms with Crippen LogP contribution in [0, 0.1) is 17.3 Å². The Balaban J connectivity index is 1.45. The number of methoxy groups -OCH3 is 1. The molecule has 138 valence electrons. The molecule has 3 aliphatic carbocycles. The van der Waals surface area contributed by atoms with E-state index in [1.165, 1.54) is 44.8 Å². The summed E-state index contributed by atoms with van der Waals surface area (Å²) in [7, 11) is 1.63. The van der Waals surface area contributed by atoms with Gasteiger partial charge in [0, 0.05) is 12.3 Å². The van der Waals surface area contributed by atoms with Crippen LogP contribution in [0.25, 0.3) is 0 Å². The van der Waals surface area contributed by atoms with Crippen molar-refractivity contribution in [3.05, 3.63) is 29.8 Å². The summed E-state index contributed by atoms with van der Waals surface area (Å²) in [5, 5.41) is 0.